The van der Waals surface area contributed by atoms with E-state index >= 15 is 0 Å². The van der Waals surface area contributed by atoms with Gasteiger partial charge in [0.05, 0.1) is 0 Å². The molecule has 0 aromatic heterocycles. The molecular weight excluding hydrogens is 273 g/mol. The highest BCUT2D eigenvalue weighted by Crippen LogP contribution is 2.16. The first-order valence-corrected chi connectivity index (χ1v) is 5.99. The van der Waals surface area contributed by atoms with Crippen molar-refractivity contribution in [2.45, 2.75) is 20.4 Å². The van der Waals surface area contributed by atoms with E-state index < -0.39 is 0 Å². The molecule has 0 atom stereocenters. The Labute approximate surface area is 104 Å². The van der Waals surface area contributed by atoms with E-state index in [4.69, 9.17) is 5.11 Å². The standard InChI is InChI=1S/C12H17BrFNO/c1-12(2,8-16)7-15-6-9-3-10(13)5-11(14)4-9/h3-5,15-16H,6-8H2,1-2H3. The minimum absolute atomic E-state index is 0.132. The Bertz CT molecular complexity index is 335. The molecule has 0 saturated heterocycles. The molecule has 0 amide bonds. The number of hydrogen-bond acceptors (Lipinski definition) is 2. The average molecular weight is 290 g/mol. The Kier molecular flexibility index (Phi) is 4.89. The first-order valence-electron chi connectivity index (χ1n) is 5.19. The van der Waals surface area contributed by atoms with Gasteiger partial charge in [-0.05, 0) is 23.8 Å². The molecule has 0 saturated carbocycles. The maximum atomic E-state index is 13.1. The molecule has 2 N–H and O–H groups in total. The van der Waals surface area contributed by atoms with Crippen LogP contribution in [0.5, 0.6) is 0 Å². The van der Waals surface area contributed by atoms with Gasteiger partial charge >= 0.3 is 0 Å². The fraction of sp³-hybridized carbons (Fsp3) is 0.500. The summed E-state index contributed by atoms with van der Waals surface area (Å²) < 4.78 is 13.8. The van der Waals surface area contributed by atoms with Gasteiger partial charge in [-0.25, -0.2) is 4.39 Å². The number of benzene rings is 1. The molecule has 0 heterocycles. The van der Waals surface area contributed by atoms with Gasteiger partial charge in [0.1, 0.15) is 5.82 Å². The smallest absolute Gasteiger partial charge is 0.124 e. The minimum atomic E-state index is -0.243. The highest BCUT2D eigenvalue weighted by molar-refractivity contribution is 9.10. The van der Waals surface area contributed by atoms with Crippen LogP contribution < -0.4 is 5.32 Å². The van der Waals surface area contributed by atoms with Gasteiger partial charge in [0, 0.05) is 29.6 Å². The molecule has 0 radical (unpaired) electrons. The molecule has 2 nitrogen and oxygen atoms in total. The van der Waals surface area contributed by atoms with Gasteiger partial charge in [-0.15, -0.1) is 0 Å². The van der Waals surface area contributed by atoms with Gasteiger partial charge in [0.2, 0.25) is 0 Å². The SMILES string of the molecule is CC(C)(CO)CNCc1cc(F)cc(Br)c1. The predicted octanol–water partition coefficient (Wildman–Crippen LogP) is 2.70. The molecule has 4 heteroatoms. The lowest BCUT2D eigenvalue weighted by Gasteiger charge is -2.21. The van der Waals surface area contributed by atoms with E-state index in [9.17, 15) is 4.39 Å². The van der Waals surface area contributed by atoms with Crippen molar-refractivity contribution in [2.75, 3.05) is 13.2 Å². The van der Waals surface area contributed by atoms with Crippen molar-refractivity contribution >= 4 is 15.9 Å². The second-order valence-corrected chi connectivity index (χ2v) is 5.62. The van der Waals surface area contributed by atoms with Crippen molar-refractivity contribution in [2.24, 2.45) is 5.41 Å². The third-order valence-electron chi connectivity index (χ3n) is 2.28. The number of aliphatic hydroxyl groups is 1. The van der Waals surface area contributed by atoms with Gasteiger partial charge in [-0.1, -0.05) is 29.8 Å². The number of hydrogen-bond donors (Lipinski definition) is 2. The molecule has 0 fully saturated rings. The van der Waals surface area contributed by atoms with Crippen molar-refractivity contribution in [1.82, 2.24) is 5.32 Å². The quantitative estimate of drug-likeness (QED) is 0.874. The highest BCUT2D eigenvalue weighted by Gasteiger charge is 2.15. The van der Waals surface area contributed by atoms with E-state index in [2.05, 4.69) is 21.2 Å². The molecule has 0 aliphatic carbocycles. The number of nitrogens with one attached hydrogen (secondary N) is 1. The largest absolute Gasteiger partial charge is 0.396 e. The Morgan fingerprint density at radius 1 is 1.38 bits per heavy atom. The second kappa shape index (κ2) is 5.75. The van der Waals surface area contributed by atoms with Crippen LogP contribution in [0, 0.1) is 11.2 Å². The second-order valence-electron chi connectivity index (χ2n) is 4.70. The number of rotatable bonds is 5. The van der Waals surface area contributed by atoms with Gasteiger partial charge < -0.3 is 10.4 Å². The Balaban J connectivity index is 2.49. The lowest BCUT2D eigenvalue weighted by Crippen LogP contribution is -2.31. The topological polar surface area (TPSA) is 32.3 Å². The third kappa shape index (κ3) is 4.60. The first kappa shape index (κ1) is 13.6. The normalized spacial score (nSPS) is 11.8. The lowest BCUT2D eigenvalue weighted by atomic mass is 9.95. The van der Waals surface area contributed by atoms with E-state index in [0.29, 0.717) is 13.1 Å². The van der Waals surface area contributed by atoms with Gasteiger partial charge in [0.15, 0.2) is 0 Å². The van der Waals surface area contributed by atoms with Crippen LogP contribution in [-0.2, 0) is 6.54 Å². The average Bonchev–Trinajstić information content (AvgIpc) is 2.16. The number of halogens is 2. The Morgan fingerprint density at radius 2 is 2.06 bits per heavy atom. The van der Waals surface area contributed by atoms with E-state index in [-0.39, 0.29) is 17.8 Å². The number of aliphatic hydroxyl groups excluding tert-OH is 1. The first-order chi connectivity index (χ1) is 7.43. The summed E-state index contributed by atoms with van der Waals surface area (Å²) in [5.41, 5.74) is 0.741. The molecule has 0 aliphatic rings. The summed E-state index contributed by atoms with van der Waals surface area (Å²) in [6, 6.07) is 4.81. The summed E-state index contributed by atoms with van der Waals surface area (Å²) in [5.74, 6) is -0.243. The van der Waals surface area contributed by atoms with Crippen LogP contribution in [0.2, 0.25) is 0 Å². The fourth-order valence-corrected chi connectivity index (χ4v) is 1.83. The summed E-state index contributed by atoms with van der Waals surface area (Å²) in [4.78, 5) is 0. The molecule has 0 unspecified atom stereocenters. The van der Waals surface area contributed by atoms with Gasteiger partial charge in [-0.2, -0.15) is 0 Å². The maximum Gasteiger partial charge on any atom is 0.124 e. The summed E-state index contributed by atoms with van der Waals surface area (Å²) in [7, 11) is 0. The zero-order chi connectivity index (χ0) is 12.2. The Hall–Kier alpha value is -0.450. The minimum Gasteiger partial charge on any atom is -0.396 e. The fourth-order valence-electron chi connectivity index (χ4n) is 1.31. The monoisotopic (exact) mass is 289 g/mol. The van der Waals surface area contributed by atoms with Crippen LogP contribution in [0.3, 0.4) is 0 Å². The zero-order valence-corrected chi connectivity index (χ0v) is 11.1. The molecule has 16 heavy (non-hydrogen) atoms. The van der Waals surface area contributed by atoms with Crippen LogP contribution in [0.1, 0.15) is 19.4 Å². The van der Waals surface area contributed by atoms with Crippen LogP contribution in [0.4, 0.5) is 4.39 Å². The summed E-state index contributed by atoms with van der Waals surface area (Å²) >= 11 is 3.25. The molecule has 0 aliphatic heterocycles. The maximum absolute atomic E-state index is 13.1. The molecule has 90 valence electrons. The highest BCUT2D eigenvalue weighted by atomic mass is 79.9. The molecule has 1 aromatic carbocycles. The third-order valence-corrected chi connectivity index (χ3v) is 2.74. The summed E-state index contributed by atoms with van der Waals surface area (Å²) in [5, 5.41) is 12.3. The van der Waals surface area contributed by atoms with Crippen molar-refractivity contribution in [1.29, 1.82) is 0 Å². The van der Waals surface area contributed by atoms with Crippen LogP contribution in [0.15, 0.2) is 22.7 Å². The van der Waals surface area contributed by atoms with Gasteiger partial charge in [-0.3, -0.25) is 0 Å². The lowest BCUT2D eigenvalue weighted by molar-refractivity contribution is 0.156. The zero-order valence-electron chi connectivity index (χ0n) is 9.56. The van der Waals surface area contributed by atoms with Crippen LogP contribution in [-0.4, -0.2) is 18.3 Å². The van der Waals surface area contributed by atoms with Gasteiger partial charge in [0.25, 0.3) is 0 Å². The van der Waals surface area contributed by atoms with Crippen LogP contribution >= 0.6 is 15.9 Å². The Morgan fingerprint density at radius 3 is 2.62 bits per heavy atom. The molecule has 0 bridgehead atoms. The summed E-state index contributed by atoms with van der Waals surface area (Å²) in [6.07, 6.45) is 0. The predicted molar refractivity (Wildman–Crippen MR) is 66.7 cm³/mol. The van der Waals surface area contributed by atoms with Crippen molar-refractivity contribution in [3.8, 4) is 0 Å². The van der Waals surface area contributed by atoms with Crippen molar-refractivity contribution in [3.05, 3.63) is 34.1 Å². The van der Waals surface area contributed by atoms with E-state index in [1.54, 1.807) is 0 Å². The molecule has 1 aromatic rings. The summed E-state index contributed by atoms with van der Waals surface area (Å²) in [6.45, 7) is 5.37. The van der Waals surface area contributed by atoms with Crippen molar-refractivity contribution < 1.29 is 9.50 Å². The molecular formula is C12H17BrFNO. The van der Waals surface area contributed by atoms with E-state index in [0.717, 1.165) is 10.0 Å². The van der Waals surface area contributed by atoms with E-state index in [1.807, 2.05) is 19.9 Å². The molecule has 0 spiro atoms. The van der Waals surface area contributed by atoms with Crippen molar-refractivity contribution in [3.63, 3.8) is 0 Å². The van der Waals surface area contributed by atoms with Crippen LogP contribution in [0.25, 0.3) is 0 Å². The van der Waals surface area contributed by atoms with E-state index in [1.165, 1.54) is 12.1 Å². The molecule has 1 rings (SSSR count).